The van der Waals surface area contributed by atoms with Gasteiger partial charge in [0.15, 0.2) is 0 Å². The Bertz CT molecular complexity index is 3430. The molecule has 322 valence electrons. The molecule has 0 fully saturated rings. The molecule has 1 atom stereocenters. The van der Waals surface area contributed by atoms with Crippen molar-refractivity contribution in [3.63, 3.8) is 0 Å². The third-order valence-corrected chi connectivity index (χ3v) is 12.7. The fourth-order valence-corrected chi connectivity index (χ4v) is 9.57. The van der Waals surface area contributed by atoms with Crippen molar-refractivity contribution < 1.29 is 4.42 Å². The molecule has 2 heterocycles. The van der Waals surface area contributed by atoms with Crippen molar-refractivity contribution in [3.8, 4) is 11.1 Å². The molecule has 0 saturated heterocycles. The van der Waals surface area contributed by atoms with Crippen LogP contribution >= 0.6 is 0 Å². The Morgan fingerprint density at radius 3 is 2.26 bits per heavy atom. The summed E-state index contributed by atoms with van der Waals surface area (Å²) in [5.74, 6) is 0.492. The molecule has 5 heteroatoms. The highest BCUT2D eigenvalue weighted by Crippen LogP contribution is 2.41. The third-order valence-electron chi connectivity index (χ3n) is 12.7. The SMILES string of the molecule is C/C=C\c1c(/C=C/c2ccccc2)c2cccc(/C(C)=C/C(=C\CCC)c3ccc4oc5ccccc5c4c3)c2n1C(=NC(c1ccccc1)c1ccc2c(c1)Cc1ccccc1-2)/N=C\N. The van der Waals surface area contributed by atoms with E-state index in [0.29, 0.717) is 5.96 Å². The van der Waals surface area contributed by atoms with Crippen molar-refractivity contribution in [3.05, 3.63) is 232 Å². The van der Waals surface area contributed by atoms with Crippen LogP contribution in [0.3, 0.4) is 0 Å². The van der Waals surface area contributed by atoms with Gasteiger partial charge < -0.3 is 10.2 Å². The lowest BCUT2D eigenvalue weighted by Crippen LogP contribution is -2.16. The number of unbranched alkanes of at least 4 members (excludes halogenated alkanes) is 1. The molecule has 0 radical (unpaired) electrons. The molecule has 1 aliphatic carbocycles. The van der Waals surface area contributed by atoms with Crippen molar-refractivity contribution in [1.82, 2.24) is 4.57 Å². The monoisotopic (exact) mass is 856 g/mol. The molecule has 2 N–H and O–H groups in total. The van der Waals surface area contributed by atoms with Crippen LogP contribution in [-0.4, -0.2) is 16.9 Å². The van der Waals surface area contributed by atoms with Crippen LogP contribution in [0.5, 0.6) is 0 Å². The smallest absolute Gasteiger partial charge is 0.232 e. The molecule has 0 spiro atoms. The molecule has 1 aliphatic rings. The highest BCUT2D eigenvalue weighted by Gasteiger charge is 2.25. The van der Waals surface area contributed by atoms with E-state index in [1.807, 2.05) is 18.2 Å². The van der Waals surface area contributed by atoms with E-state index >= 15 is 0 Å². The number of para-hydroxylation sites is 2. The van der Waals surface area contributed by atoms with Crippen molar-refractivity contribution >= 4 is 74.5 Å². The maximum Gasteiger partial charge on any atom is 0.232 e. The molecule has 66 heavy (non-hydrogen) atoms. The molecule has 1 unspecified atom stereocenters. The first-order valence-corrected chi connectivity index (χ1v) is 22.9. The Morgan fingerprint density at radius 1 is 0.697 bits per heavy atom. The molecule has 2 aromatic heterocycles. The van der Waals surface area contributed by atoms with Gasteiger partial charge in [-0.15, -0.1) is 0 Å². The summed E-state index contributed by atoms with van der Waals surface area (Å²) in [4.78, 5) is 10.7. The maximum absolute atomic E-state index is 6.35. The molecule has 0 saturated carbocycles. The summed E-state index contributed by atoms with van der Waals surface area (Å²) in [5, 5.41) is 3.31. The zero-order chi connectivity index (χ0) is 45.0. The van der Waals surface area contributed by atoms with Crippen LogP contribution in [0.15, 0.2) is 196 Å². The lowest BCUT2D eigenvalue weighted by atomic mass is 9.95. The number of hydrogen-bond acceptors (Lipinski definition) is 2. The van der Waals surface area contributed by atoms with E-state index in [4.69, 9.17) is 20.1 Å². The summed E-state index contributed by atoms with van der Waals surface area (Å²) in [6, 6.07) is 57.5. The Balaban J connectivity index is 1.19. The topological polar surface area (TPSA) is 68.8 Å². The average Bonchev–Trinajstić information content (AvgIpc) is 4.03. The minimum absolute atomic E-state index is 0.376. The van der Waals surface area contributed by atoms with Crippen LogP contribution < -0.4 is 5.73 Å². The van der Waals surface area contributed by atoms with Gasteiger partial charge in [-0.25, -0.2) is 9.98 Å². The van der Waals surface area contributed by atoms with Crippen LogP contribution in [0, 0.1) is 0 Å². The lowest BCUT2D eigenvalue weighted by Gasteiger charge is -2.18. The predicted octanol–water partition coefficient (Wildman–Crippen LogP) is 15.6. The molecule has 9 aromatic rings. The van der Waals surface area contributed by atoms with Gasteiger partial charge in [-0.05, 0) is 107 Å². The summed E-state index contributed by atoms with van der Waals surface area (Å²) in [6.45, 7) is 6.49. The summed E-state index contributed by atoms with van der Waals surface area (Å²) in [6.07, 6.45) is 17.6. The fourth-order valence-electron chi connectivity index (χ4n) is 9.57. The number of benzene rings is 7. The summed E-state index contributed by atoms with van der Waals surface area (Å²) < 4.78 is 8.46. The van der Waals surface area contributed by atoms with Crippen LogP contribution in [0.4, 0.5) is 0 Å². The molecular formula is C61H52N4O. The predicted molar refractivity (Wildman–Crippen MR) is 281 cm³/mol. The van der Waals surface area contributed by atoms with Gasteiger partial charge in [-0.1, -0.05) is 189 Å². The molecular weight excluding hydrogens is 805 g/mol. The number of allylic oxidation sites excluding steroid dienone is 5. The zero-order valence-corrected chi connectivity index (χ0v) is 37.7. The zero-order valence-electron chi connectivity index (χ0n) is 37.7. The third kappa shape index (κ3) is 8.05. The quantitative estimate of drug-likeness (QED) is 0.0800. The largest absolute Gasteiger partial charge is 0.456 e. The Morgan fingerprint density at radius 2 is 1.44 bits per heavy atom. The molecule has 10 rings (SSSR count). The maximum atomic E-state index is 6.35. The fraction of sp³-hybridized carbons (Fsp3) is 0.115. The Labute approximate surface area is 387 Å². The average molecular weight is 857 g/mol. The number of aromatic nitrogens is 1. The highest BCUT2D eigenvalue weighted by molar-refractivity contribution is 6.10. The Kier molecular flexibility index (Phi) is 11.8. The first kappa shape index (κ1) is 42.0. The highest BCUT2D eigenvalue weighted by atomic mass is 16.3. The van der Waals surface area contributed by atoms with E-state index in [9.17, 15) is 0 Å². The first-order valence-electron chi connectivity index (χ1n) is 22.9. The molecule has 7 aromatic carbocycles. The second kappa shape index (κ2) is 18.6. The summed E-state index contributed by atoms with van der Waals surface area (Å²) in [5.41, 5.74) is 24.1. The van der Waals surface area contributed by atoms with Crippen molar-refractivity contribution in [1.29, 1.82) is 0 Å². The molecule has 0 amide bonds. The molecule has 5 nitrogen and oxygen atoms in total. The second-order valence-electron chi connectivity index (χ2n) is 16.9. The minimum atomic E-state index is -0.376. The van der Waals surface area contributed by atoms with Crippen LogP contribution in [0.1, 0.15) is 89.9 Å². The standard InChI is InChI=1S/C61H52N4O/c1-4-6-21-44(45-32-35-58-55(39-45)53-26-15-16-29-57(53)66-58)36-41(3)49-27-17-28-54-52(33-30-42-19-9-7-10-20-42)56(18-5-2)65(60(49)54)61(63-40-62)64-59(43-22-11-8-12-23-43)47-31-34-51-48(38-47)37-46-24-13-14-25-50(46)51/h5,7-36,38-40,59H,4,6,37H2,1-3H3,(H2,62,63,64)/b18-5-,33-30+,41-36+,44-21+. The second-order valence-corrected chi connectivity index (χ2v) is 16.9. The van der Waals surface area contributed by atoms with E-state index < -0.39 is 0 Å². The number of fused-ring (bicyclic) bond motifs is 7. The summed E-state index contributed by atoms with van der Waals surface area (Å²) in [7, 11) is 0. The minimum Gasteiger partial charge on any atom is -0.456 e. The van der Waals surface area contributed by atoms with E-state index in [0.717, 1.165) is 102 Å². The van der Waals surface area contributed by atoms with Gasteiger partial charge in [0.05, 0.1) is 17.5 Å². The number of rotatable bonds is 11. The normalized spacial score (nSPS) is 13.8. The van der Waals surface area contributed by atoms with Gasteiger partial charge in [0.2, 0.25) is 5.96 Å². The summed E-state index contributed by atoms with van der Waals surface area (Å²) >= 11 is 0. The number of aliphatic imine (C=N–C) groups is 2. The van der Waals surface area contributed by atoms with Crippen molar-refractivity contribution in [2.75, 3.05) is 0 Å². The van der Waals surface area contributed by atoms with Crippen molar-refractivity contribution in [2.45, 2.75) is 46.1 Å². The van der Waals surface area contributed by atoms with E-state index in [2.05, 4.69) is 207 Å². The number of furan rings is 1. The van der Waals surface area contributed by atoms with E-state index in [1.165, 1.54) is 28.6 Å². The van der Waals surface area contributed by atoms with E-state index in [1.54, 1.807) is 0 Å². The van der Waals surface area contributed by atoms with Crippen LogP contribution in [-0.2, 0) is 6.42 Å². The first-order chi connectivity index (χ1) is 32.5. The van der Waals surface area contributed by atoms with Gasteiger partial charge in [0.1, 0.15) is 17.2 Å². The van der Waals surface area contributed by atoms with Gasteiger partial charge in [-0.3, -0.25) is 4.57 Å². The van der Waals surface area contributed by atoms with Crippen molar-refractivity contribution in [2.24, 2.45) is 15.7 Å². The molecule has 0 aliphatic heterocycles. The van der Waals surface area contributed by atoms with Gasteiger partial charge >= 0.3 is 0 Å². The van der Waals surface area contributed by atoms with Crippen LogP contribution in [0.25, 0.3) is 73.3 Å². The molecule has 0 bridgehead atoms. The van der Waals surface area contributed by atoms with Crippen LogP contribution in [0.2, 0.25) is 0 Å². The lowest BCUT2D eigenvalue weighted by molar-refractivity contribution is 0.669. The van der Waals surface area contributed by atoms with Gasteiger partial charge in [0, 0.05) is 27.3 Å². The van der Waals surface area contributed by atoms with E-state index in [-0.39, 0.29) is 6.04 Å². The number of nitrogens with two attached hydrogens (primary N) is 1. The number of hydrogen-bond donors (Lipinski definition) is 1. The van der Waals surface area contributed by atoms with Gasteiger partial charge in [-0.2, -0.15) is 0 Å². The number of nitrogens with zero attached hydrogens (tertiary/aromatic N) is 3. The van der Waals surface area contributed by atoms with Gasteiger partial charge in [0.25, 0.3) is 0 Å². The Hall–Kier alpha value is -8.02.